The minimum absolute atomic E-state index is 0.0998. The molecule has 2 aromatic carbocycles. The van der Waals surface area contributed by atoms with Crippen LogP contribution in [0, 0.1) is 6.92 Å². The largest absolute Gasteiger partial charge is 0.492 e. The lowest BCUT2D eigenvalue weighted by atomic mass is 10.2. The molecule has 0 amide bonds. The maximum Gasteiger partial charge on any atom is 0.236 e. The third-order valence-corrected chi connectivity index (χ3v) is 4.55. The van der Waals surface area contributed by atoms with E-state index in [1.165, 1.54) is 0 Å². The summed E-state index contributed by atoms with van der Waals surface area (Å²) in [5.41, 5.74) is 1.44. The monoisotopic (exact) mass is 369 g/mol. The van der Waals surface area contributed by atoms with Gasteiger partial charge in [0.05, 0.1) is 5.69 Å². The summed E-state index contributed by atoms with van der Waals surface area (Å²) in [4.78, 5) is 0. The molecular formula is C15H16BrNO3S. The summed E-state index contributed by atoms with van der Waals surface area (Å²) in [7, 11) is -3.43. The van der Waals surface area contributed by atoms with E-state index in [0.717, 1.165) is 10.0 Å². The van der Waals surface area contributed by atoms with Crippen LogP contribution < -0.4 is 9.46 Å². The van der Waals surface area contributed by atoms with Crippen LogP contribution in [-0.2, 0) is 10.0 Å². The average molecular weight is 370 g/mol. The van der Waals surface area contributed by atoms with Crippen molar-refractivity contribution in [1.29, 1.82) is 0 Å². The zero-order valence-corrected chi connectivity index (χ0v) is 13.9. The predicted octanol–water partition coefficient (Wildman–Crippen LogP) is 3.58. The standard InChI is InChI=1S/C15H16BrNO3S/c1-12-11-13(16)7-8-15(12)17-21(18,19)10-9-20-14-5-3-2-4-6-14/h2-8,11,17H,9-10H2,1H3. The first-order valence-corrected chi connectivity index (χ1v) is 8.85. The number of hydrogen-bond donors (Lipinski definition) is 1. The summed E-state index contributed by atoms with van der Waals surface area (Å²) in [6.07, 6.45) is 0. The molecule has 0 aliphatic heterocycles. The van der Waals surface area contributed by atoms with Gasteiger partial charge >= 0.3 is 0 Å². The van der Waals surface area contributed by atoms with Crippen LogP contribution in [0.3, 0.4) is 0 Å². The lowest BCUT2D eigenvalue weighted by Crippen LogP contribution is -2.21. The summed E-state index contributed by atoms with van der Waals surface area (Å²) in [6, 6.07) is 14.5. The van der Waals surface area contributed by atoms with E-state index in [1.807, 2.05) is 31.2 Å². The van der Waals surface area contributed by atoms with Gasteiger partial charge in [0.1, 0.15) is 18.1 Å². The molecule has 112 valence electrons. The Morgan fingerprint density at radius 1 is 1.14 bits per heavy atom. The Kier molecular flexibility index (Phi) is 5.25. The molecule has 0 heterocycles. The zero-order valence-electron chi connectivity index (χ0n) is 11.5. The molecule has 1 N–H and O–H groups in total. The molecule has 0 aliphatic rings. The van der Waals surface area contributed by atoms with Gasteiger partial charge in [-0.25, -0.2) is 8.42 Å². The highest BCUT2D eigenvalue weighted by molar-refractivity contribution is 9.10. The molecule has 0 radical (unpaired) electrons. The number of aryl methyl sites for hydroxylation is 1. The van der Waals surface area contributed by atoms with Crippen LogP contribution in [0.2, 0.25) is 0 Å². The molecule has 2 rings (SSSR count). The van der Waals surface area contributed by atoms with Crippen LogP contribution in [-0.4, -0.2) is 20.8 Å². The zero-order chi connectivity index (χ0) is 15.3. The molecule has 0 saturated heterocycles. The molecule has 0 aliphatic carbocycles. The van der Waals surface area contributed by atoms with Gasteiger partial charge in [0.15, 0.2) is 0 Å². The molecule has 0 bridgehead atoms. The van der Waals surface area contributed by atoms with E-state index in [9.17, 15) is 8.42 Å². The molecule has 0 atom stereocenters. The van der Waals surface area contributed by atoms with E-state index >= 15 is 0 Å². The van der Waals surface area contributed by atoms with Crippen molar-refractivity contribution in [1.82, 2.24) is 0 Å². The van der Waals surface area contributed by atoms with Crippen molar-refractivity contribution < 1.29 is 13.2 Å². The number of rotatable bonds is 6. The van der Waals surface area contributed by atoms with Crippen LogP contribution in [0.5, 0.6) is 5.75 Å². The van der Waals surface area contributed by atoms with Gasteiger partial charge in [-0.1, -0.05) is 34.1 Å². The van der Waals surface area contributed by atoms with E-state index < -0.39 is 10.0 Å². The molecular weight excluding hydrogens is 354 g/mol. The first-order valence-electron chi connectivity index (χ1n) is 6.41. The van der Waals surface area contributed by atoms with E-state index in [1.54, 1.807) is 24.3 Å². The summed E-state index contributed by atoms with van der Waals surface area (Å²) < 4.78 is 32.9. The Hall–Kier alpha value is -1.53. The number of hydrogen-bond acceptors (Lipinski definition) is 3. The molecule has 0 spiro atoms. The first-order chi connectivity index (χ1) is 9.96. The fourth-order valence-electron chi connectivity index (χ4n) is 1.75. The number of benzene rings is 2. The van der Waals surface area contributed by atoms with Crippen molar-refractivity contribution >= 4 is 31.6 Å². The van der Waals surface area contributed by atoms with Crippen LogP contribution in [0.25, 0.3) is 0 Å². The SMILES string of the molecule is Cc1cc(Br)ccc1NS(=O)(=O)CCOc1ccccc1. The number of para-hydroxylation sites is 1. The van der Waals surface area contributed by atoms with Gasteiger partial charge in [-0.05, 0) is 42.8 Å². The van der Waals surface area contributed by atoms with Crippen molar-refractivity contribution in [2.45, 2.75) is 6.92 Å². The van der Waals surface area contributed by atoms with Crippen LogP contribution in [0.4, 0.5) is 5.69 Å². The highest BCUT2D eigenvalue weighted by Gasteiger charge is 2.12. The van der Waals surface area contributed by atoms with Gasteiger partial charge in [-0.15, -0.1) is 0 Å². The normalized spacial score (nSPS) is 11.1. The molecule has 0 fully saturated rings. The summed E-state index contributed by atoms with van der Waals surface area (Å²) in [5, 5.41) is 0. The van der Waals surface area contributed by atoms with E-state index in [0.29, 0.717) is 11.4 Å². The Labute approximate surface area is 133 Å². The Morgan fingerprint density at radius 3 is 2.52 bits per heavy atom. The lowest BCUT2D eigenvalue weighted by molar-refractivity contribution is 0.341. The van der Waals surface area contributed by atoms with Crippen LogP contribution >= 0.6 is 15.9 Å². The number of nitrogens with one attached hydrogen (secondary N) is 1. The molecule has 21 heavy (non-hydrogen) atoms. The Morgan fingerprint density at radius 2 is 1.86 bits per heavy atom. The van der Waals surface area contributed by atoms with Crippen molar-refractivity contribution in [3.05, 3.63) is 58.6 Å². The molecule has 0 saturated carbocycles. The maximum atomic E-state index is 12.0. The summed E-state index contributed by atoms with van der Waals surface area (Å²) in [5.74, 6) is 0.560. The van der Waals surface area contributed by atoms with Gasteiger partial charge in [0.2, 0.25) is 10.0 Å². The maximum absolute atomic E-state index is 12.0. The number of anilines is 1. The molecule has 6 heteroatoms. The second kappa shape index (κ2) is 6.95. The fraction of sp³-hybridized carbons (Fsp3) is 0.200. The summed E-state index contributed by atoms with van der Waals surface area (Å²) >= 11 is 3.35. The third kappa shape index (κ3) is 5.06. The second-order valence-electron chi connectivity index (χ2n) is 4.54. The van der Waals surface area contributed by atoms with E-state index in [2.05, 4.69) is 20.7 Å². The fourth-order valence-corrected chi connectivity index (χ4v) is 3.19. The number of ether oxygens (including phenoxy) is 1. The molecule has 0 aromatic heterocycles. The topological polar surface area (TPSA) is 55.4 Å². The van der Waals surface area contributed by atoms with Gasteiger partial charge in [0, 0.05) is 4.47 Å². The smallest absolute Gasteiger partial charge is 0.236 e. The van der Waals surface area contributed by atoms with Crippen molar-refractivity contribution in [2.24, 2.45) is 0 Å². The average Bonchev–Trinajstić information content (AvgIpc) is 2.43. The number of halogens is 1. The van der Waals surface area contributed by atoms with E-state index in [-0.39, 0.29) is 12.4 Å². The first kappa shape index (κ1) is 15.9. The van der Waals surface area contributed by atoms with Gasteiger partial charge in [-0.3, -0.25) is 4.72 Å². The summed E-state index contributed by atoms with van der Waals surface area (Å²) in [6.45, 7) is 1.96. The molecule has 2 aromatic rings. The highest BCUT2D eigenvalue weighted by Crippen LogP contribution is 2.21. The lowest BCUT2D eigenvalue weighted by Gasteiger charge is -2.11. The minimum atomic E-state index is -3.43. The van der Waals surface area contributed by atoms with Crippen molar-refractivity contribution in [3.63, 3.8) is 0 Å². The quantitative estimate of drug-likeness (QED) is 0.846. The highest BCUT2D eigenvalue weighted by atomic mass is 79.9. The van der Waals surface area contributed by atoms with Crippen LogP contribution in [0.1, 0.15) is 5.56 Å². The van der Waals surface area contributed by atoms with Gasteiger partial charge in [0.25, 0.3) is 0 Å². The molecule has 4 nitrogen and oxygen atoms in total. The third-order valence-electron chi connectivity index (χ3n) is 2.82. The van der Waals surface area contributed by atoms with Crippen molar-refractivity contribution in [3.8, 4) is 5.75 Å². The van der Waals surface area contributed by atoms with Crippen molar-refractivity contribution in [2.75, 3.05) is 17.1 Å². The second-order valence-corrected chi connectivity index (χ2v) is 7.30. The van der Waals surface area contributed by atoms with E-state index in [4.69, 9.17) is 4.74 Å². The van der Waals surface area contributed by atoms with Crippen LogP contribution in [0.15, 0.2) is 53.0 Å². The predicted molar refractivity (Wildman–Crippen MR) is 88.2 cm³/mol. The Balaban J connectivity index is 1.93. The minimum Gasteiger partial charge on any atom is -0.492 e. The molecule has 0 unspecified atom stereocenters. The Bertz CT molecular complexity index is 702. The van der Waals surface area contributed by atoms with Gasteiger partial charge < -0.3 is 4.74 Å². The number of sulfonamides is 1. The van der Waals surface area contributed by atoms with Gasteiger partial charge in [-0.2, -0.15) is 0 Å².